The summed E-state index contributed by atoms with van der Waals surface area (Å²) in [6.07, 6.45) is 7.47. The number of likely N-dealkylation sites (tertiary alicyclic amines) is 1. The maximum Gasteiger partial charge on any atom is 0.222 e. The molecular formula is C20H31NO2. The Morgan fingerprint density at radius 3 is 2.52 bits per heavy atom. The molecule has 0 bridgehead atoms. The first kappa shape index (κ1) is 15.7. The molecule has 0 aromatic carbocycles. The quantitative estimate of drug-likeness (QED) is 0.683. The van der Waals surface area contributed by atoms with Crippen molar-refractivity contribution >= 4 is 11.7 Å². The molecule has 7 atom stereocenters. The molecule has 1 aliphatic heterocycles. The Hall–Kier alpha value is -0.860. The van der Waals surface area contributed by atoms with Crippen molar-refractivity contribution in [1.82, 2.24) is 4.90 Å². The van der Waals surface area contributed by atoms with Gasteiger partial charge in [-0.2, -0.15) is 0 Å². The van der Waals surface area contributed by atoms with Crippen LogP contribution in [0, 0.1) is 34.5 Å². The lowest BCUT2D eigenvalue weighted by Gasteiger charge is -2.61. The summed E-state index contributed by atoms with van der Waals surface area (Å²) in [6, 6.07) is 0.420. The highest BCUT2D eigenvalue weighted by molar-refractivity contribution is 5.89. The van der Waals surface area contributed by atoms with E-state index in [0.29, 0.717) is 41.9 Å². The highest BCUT2D eigenvalue weighted by atomic mass is 16.2. The van der Waals surface area contributed by atoms with Crippen molar-refractivity contribution in [3.8, 4) is 0 Å². The summed E-state index contributed by atoms with van der Waals surface area (Å²) in [5, 5.41) is 0. The van der Waals surface area contributed by atoms with Crippen molar-refractivity contribution < 1.29 is 9.59 Å². The van der Waals surface area contributed by atoms with E-state index in [2.05, 4.69) is 25.7 Å². The SMILES string of the molecule is C[C@H]1CC2C3CC[C@H]4N(C)C(=O)CCC4(C)C3CCC2(C)C1=O. The van der Waals surface area contributed by atoms with E-state index in [1.165, 1.54) is 12.8 Å². The summed E-state index contributed by atoms with van der Waals surface area (Å²) in [5.41, 5.74) is 0.210. The number of ketones is 1. The average Bonchev–Trinajstić information content (AvgIpc) is 2.75. The standard InChI is InChI=1S/C20H31NO2/c1-12-11-15-13-5-6-16-19(2,10-8-17(22)21(16)4)14(13)7-9-20(15,3)18(12)23/h12-16H,5-11H2,1-4H3/t12-,13?,14?,15?,16+,19?,20?/m0/s1. The molecule has 3 saturated carbocycles. The molecule has 0 radical (unpaired) electrons. The van der Waals surface area contributed by atoms with Crippen LogP contribution in [-0.2, 0) is 9.59 Å². The van der Waals surface area contributed by atoms with Crippen LogP contribution < -0.4 is 0 Å². The first-order chi connectivity index (χ1) is 10.8. The summed E-state index contributed by atoms with van der Waals surface area (Å²) in [6.45, 7) is 6.84. The third-order valence-electron chi connectivity index (χ3n) is 8.56. The van der Waals surface area contributed by atoms with Gasteiger partial charge in [0.2, 0.25) is 5.91 Å². The molecule has 5 unspecified atom stereocenters. The van der Waals surface area contributed by atoms with Gasteiger partial charge in [0.15, 0.2) is 0 Å². The Kier molecular flexibility index (Phi) is 3.29. The molecule has 1 saturated heterocycles. The van der Waals surface area contributed by atoms with Gasteiger partial charge in [-0.15, -0.1) is 0 Å². The van der Waals surface area contributed by atoms with Crippen LogP contribution in [0.3, 0.4) is 0 Å². The Balaban J connectivity index is 1.67. The summed E-state index contributed by atoms with van der Waals surface area (Å²) in [5.74, 6) is 3.10. The molecule has 0 aromatic heterocycles. The minimum atomic E-state index is -0.0554. The van der Waals surface area contributed by atoms with E-state index >= 15 is 0 Å². The van der Waals surface area contributed by atoms with Gasteiger partial charge in [-0.05, 0) is 61.7 Å². The molecule has 3 heteroatoms. The molecular weight excluding hydrogens is 286 g/mol. The molecule has 0 aromatic rings. The van der Waals surface area contributed by atoms with Crippen LogP contribution in [0.5, 0.6) is 0 Å². The zero-order valence-electron chi connectivity index (χ0n) is 15.1. The number of hydrogen-bond acceptors (Lipinski definition) is 2. The maximum absolute atomic E-state index is 12.7. The van der Waals surface area contributed by atoms with Crippen molar-refractivity contribution in [3.63, 3.8) is 0 Å². The fourth-order valence-corrected chi connectivity index (χ4v) is 7.26. The van der Waals surface area contributed by atoms with Crippen LogP contribution in [0.25, 0.3) is 0 Å². The normalized spacial score (nSPS) is 52.9. The Morgan fingerprint density at radius 1 is 1.04 bits per heavy atom. The molecule has 23 heavy (non-hydrogen) atoms. The molecule has 1 amide bonds. The second kappa shape index (κ2) is 4.83. The van der Waals surface area contributed by atoms with Crippen LogP contribution in [0.4, 0.5) is 0 Å². The fraction of sp³-hybridized carbons (Fsp3) is 0.900. The molecule has 4 fully saturated rings. The minimum Gasteiger partial charge on any atom is -0.342 e. The Bertz CT molecular complexity index is 558. The van der Waals surface area contributed by atoms with Gasteiger partial charge >= 0.3 is 0 Å². The topological polar surface area (TPSA) is 37.4 Å². The van der Waals surface area contributed by atoms with Crippen LogP contribution in [0.1, 0.15) is 65.7 Å². The smallest absolute Gasteiger partial charge is 0.222 e. The van der Waals surface area contributed by atoms with Crippen molar-refractivity contribution in [2.45, 2.75) is 71.8 Å². The summed E-state index contributed by atoms with van der Waals surface area (Å²) >= 11 is 0. The van der Waals surface area contributed by atoms with Gasteiger partial charge in [0.1, 0.15) is 5.78 Å². The number of piperidine rings is 1. The molecule has 3 aliphatic carbocycles. The first-order valence-corrected chi connectivity index (χ1v) is 9.59. The fourth-order valence-electron chi connectivity index (χ4n) is 7.26. The lowest BCUT2D eigenvalue weighted by molar-refractivity contribution is -0.158. The monoisotopic (exact) mass is 317 g/mol. The van der Waals surface area contributed by atoms with Crippen molar-refractivity contribution in [2.24, 2.45) is 34.5 Å². The maximum atomic E-state index is 12.7. The van der Waals surface area contributed by atoms with Gasteiger partial charge < -0.3 is 4.90 Å². The molecule has 4 rings (SSSR count). The van der Waals surface area contributed by atoms with Crippen LogP contribution in [0.15, 0.2) is 0 Å². The number of nitrogens with zero attached hydrogens (tertiary/aromatic N) is 1. The van der Waals surface area contributed by atoms with E-state index in [1.54, 1.807) is 0 Å². The van der Waals surface area contributed by atoms with E-state index in [-0.39, 0.29) is 16.7 Å². The third-order valence-corrected chi connectivity index (χ3v) is 8.56. The highest BCUT2D eigenvalue weighted by Gasteiger charge is 2.62. The predicted octanol–water partition coefficient (Wildman–Crippen LogP) is 3.66. The second-order valence-electron chi connectivity index (χ2n) is 9.44. The van der Waals surface area contributed by atoms with Crippen molar-refractivity contribution in [3.05, 3.63) is 0 Å². The van der Waals surface area contributed by atoms with Gasteiger partial charge in [-0.3, -0.25) is 9.59 Å². The number of amides is 1. The van der Waals surface area contributed by atoms with E-state index in [4.69, 9.17) is 0 Å². The highest BCUT2D eigenvalue weighted by Crippen LogP contribution is 2.64. The zero-order valence-corrected chi connectivity index (χ0v) is 15.1. The zero-order chi connectivity index (χ0) is 16.6. The van der Waals surface area contributed by atoms with Crippen molar-refractivity contribution in [2.75, 3.05) is 7.05 Å². The minimum absolute atomic E-state index is 0.0554. The number of fused-ring (bicyclic) bond motifs is 5. The molecule has 128 valence electrons. The number of carbonyl (C=O) groups is 2. The van der Waals surface area contributed by atoms with E-state index in [9.17, 15) is 9.59 Å². The summed E-state index contributed by atoms with van der Waals surface area (Å²) in [7, 11) is 2.01. The molecule has 4 aliphatic rings. The molecule has 3 nitrogen and oxygen atoms in total. The molecule has 0 spiro atoms. The predicted molar refractivity (Wildman–Crippen MR) is 89.7 cm³/mol. The largest absolute Gasteiger partial charge is 0.342 e. The van der Waals surface area contributed by atoms with Crippen LogP contribution >= 0.6 is 0 Å². The van der Waals surface area contributed by atoms with Gasteiger partial charge in [0.25, 0.3) is 0 Å². The number of Topliss-reactive ketones (excluding diaryl/α,β-unsaturated/α-hetero) is 1. The second-order valence-corrected chi connectivity index (χ2v) is 9.44. The van der Waals surface area contributed by atoms with Gasteiger partial charge in [-0.25, -0.2) is 0 Å². The molecule has 0 N–H and O–H groups in total. The Labute approximate surface area is 140 Å². The average molecular weight is 317 g/mol. The van der Waals surface area contributed by atoms with Crippen molar-refractivity contribution in [1.29, 1.82) is 0 Å². The van der Waals surface area contributed by atoms with E-state index < -0.39 is 0 Å². The van der Waals surface area contributed by atoms with E-state index in [0.717, 1.165) is 25.7 Å². The summed E-state index contributed by atoms with van der Waals surface area (Å²) < 4.78 is 0. The lowest BCUT2D eigenvalue weighted by atomic mass is 9.47. The van der Waals surface area contributed by atoms with Crippen LogP contribution in [-0.4, -0.2) is 29.7 Å². The van der Waals surface area contributed by atoms with Gasteiger partial charge in [0, 0.05) is 30.8 Å². The number of carbonyl (C=O) groups excluding carboxylic acids is 2. The first-order valence-electron chi connectivity index (χ1n) is 9.59. The van der Waals surface area contributed by atoms with Gasteiger partial charge in [0.05, 0.1) is 0 Å². The third kappa shape index (κ3) is 1.88. The lowest BCUT2D eigenvalue weighted by Crippen LogP contribution is -2.61. The number of rotatable bonds is 0. The molecule has 1 heterocycles. The van der Waals surface area contributed by atoms with Gasteiger partial charge in [-0.1, -0.05) is 20.8 Å². The van der Waals surface area contributed by atoms with E-state index in [1.807, 2.05) is 7.05 Å². The number of hydrogen-bond donors (Lipinski definition) is 0. The summed E-state index contributed by atoms with van der Waals surface area (Å²) in [4.78, 5) is 26.9. The Morgan fingerprint density at radius 2 is 1.78 bits per heavy atom. The van der Waals surface area contributed by atoms with Crippen LogP contribution in [0.2, 0.25) is 0 Å².